The second-order valence-electron chi connectivity index (χ2n) is 4.53. The Labute approximate surface area is 109 Å². The van der Waals surface area contributed by atoms with Gasteiger partial charge in [0.05, 0.1) is 22.7 Å². The predicted octanol–water partition coefficient (Wildman–Crippen LogP) is 3.74. The number of fused-ring (bicyclic) bond motifs is 5. The van der Waals surface area contributed by atoms with E-state index in [0.29, 0.717) is 5.56 Å². The maximum absolute atomic E-state index is 9.39. The molecular formula is C16H9N3. The van der Waals surface area contributed by atoms with Crippen LogP contribution in [-0.4, -0.2) is 9.97 Å². The third kappa shape index (κ3) is 1.28. The zero-order valence-electron chi connectivity index (χ0n) is 10.0. The average molecular weight is 243 g/mol. The molecule has 3 nitrogen and oxygen atoms in total. The largest absolute Gasteiger partial charge is 0.353 e. The predicted molar refractivity (Wildman–Crippen MR) is 75.8 cm³/mol. The lowest BCUT2D eigenvalue weighted by Crippen LogP contribution is -1.83. The van der Waals surface area contributed by atoms with E-state index < -0.39 is 0 Å². The number of benzene rings is 2. The number of nitrogens with zero attached hydrogens (tertiary/aromatic N) is 2. The van der Waals surface area contributed by atoms with Crippen LogP contribution >= 0.6 is 0 Å². The summed E-state index contributed by atoms with van der Waals surface area (Å²) < 4.78 is 0. The van der Waals surface area contributed by atoms with Crippen molar-refractivity contribution in [3.63, 3.8) is 0 Å². The molecule has 0 aliphatic rings. The first kappa shape index (κ1) is 10.1. The topological polar surface area (TPSA) is 52.5 Å². The Morgan fingerprint density at radius 2 is 2.00 bits per heavy atom. The Morgan fingerprint density at radius 1 is 1.11 bits per heavy atom. The first-order valence-electron chi connectivity index (χ1n) is 6.07. The van der Waals surface area contributed by atoms with Gasteiger partial charge in [0.25, 0.3) is 0 Å². The van der Waals surface area contributed by atoms with Gasteiger partial charge in [-0.15, -0.1) is 0 Å². The van der Waals surface area contributed by atoms with Crippen LogP contribution in [0.4, 0.5) is 0 Å². The van der Waals surface area contributed by atoms with Gasteiger partial charge in [-0.2, -0.15) is 5.26 Å². The SMILES string of the molecule is N#Cc1cc2cccnc2c2[nH]c3ccccc3c12. The highest BCUT2D eigenvalue weighted by Crippen LogP contribution is 2.32. The van der Waals surface area contributed by atoms with Gasteiger partial charge in [-0.3, -0.25) is 4.98 Å². The summed E-state index contributed by atoms with van der Waals surface area (Å²) in [6, 6.07) is 16.1. The monoisotopic (exact) mass is 243 g/mol. The molecule has 2 aromatic heterocycles. The van der Waals surface area contributed by atoms with E-state index in [0.717, 1.165) is 32.7 Å². The number of aromatic nitrogens is 2. The lowest BCUT2D eigenvalue weighted by molar-refractivity contribution is 1.41. The Balaban J connectivity index is 2.39. The molecule has 4 rings (SSSR count). The third-order valence-corrected chi connectivity index (χ3v) is 3.47. The van der Waals surface area contributed by atoms with Gasteiger partial charge >= 0.3 is 0 Å². The molecule has 0 spiro atoms. The van der Waals surface area contributed by atoms with Crippen LogP contribution < -0.4 is 0 Å². The fourth-order valence-electron chi connectivity index (χ4n) is 2.66. The summed E-state index contributed by atoms with van der Waals surface area (Å²) in [6.07, 6.45) is 1.78. The van der Waals surface area contributed by atoms with Gasteiger partial charge < -0.3 is 4.98 Å². The van der Waals surface area contributed by atoms with Crippen molar-refractivity contribution in [3.05, 3.63) is 54.2 Å². The normalized spacial score (nSPS) is 11.1. The van der Waals surface area contributed by atoms with Crippen molar-refractivity contribution in [2.75, 3.05) is 0 Å². The summed E-state index contributed by atoms with van der Waals surface area (Å²) in [5.74, 6) is 0. The number of aromatic amines is 1. The van der Waals surface area contributed by atoms with Gasteiger partial charge in [0, 0.05) is 27.9 Å². The number of hydrogen-bond donors (Lipinski definition) is 1. The summed E-state index contributed by atoms with van der Waals surface area (Å²) >= 11 is 0. The van der Waals surface area contributed by atoms with Crippen molar-refractivity contribution in [3.8, 4) is 6.07 Å². The zero-order valence-corrected chi connectivity index (χ0v) is 10.0. The molecule has 88 valence electrons. The molecule has 0 saturated heterocycles. The van der Waals surface area contributed by atoms with E-state index in [4.69, 9.17) is 0 Å². The van der Waals surface area contributed by atoms with Crippen molar-refractivity contribution >= 4 is 32.7 Å². The summed E-state index contributed by atoms with van der Waals surface area (Å²) in [7, 11) is 0. The van der Waals surface area contributed by atoms with E-state index in [1.54, 1.807) is 6.20 Å². The van der Waals surface area contributed by atoms with Gasteiger partial charge in [-0.25, -0.2) is 0 Å². The molecule has 0 bridgehead atoms. The smallest absolute Gasteiger partial charge is 0.0999 e. The molecule has 0 fully saturated rings. The van der Waals surface area contributed by atoms with Crippen LogP contribution in [0.15, 0.2) is 48.7 Å². The third-order valence-electron chi connectivity index (χ3n) is 3.47. The fourth-order valence-corrected chi connectivity index (χ4v) is 2.66. The lowest BCUT2D eigenvalue weighted by atomic mass is 10.0. The van der Waals surface area contributed by atoms with E-state index in [2.05, 4.69) is 16.0 Å². The van der Waals surface area contributed by atoms with Gasteiger partial charge in [-0.05, 0) is 18.2 Å². The molecule has 0 aliphatic heterocycles. The second-order valence-corrected chi connectivity index (χ2v) is 4.53. The van der Waals surface area contributed by atoms with E-state index in [-0.39, 0.29) is 0 Å². The lowest BCUT2D eigenvalue weighted by Gasteiger charge is -2.00. The van der Waals surface area contributed by atoms with Gasteiger partial charge in [0.1, 0.15) is 0 Å². The summed E-state index contributed by atoms with van der Waals surface area (Å²) in [4.78, 5) is 7.82. The Morgan fingerprint density at radius 3 is 2.89 bits per heavy atom. The Bertz CT molecular complexity index is 974. The van der Waals surface area contributed by atoms with Crippen LogP contribution in [0.5, 0.6) is 0 Å². The van der Waals surface area contributed by atoms with Gasteiger partial charge in [-0.1, -0.05) is 24.3 Å². The Hall–Kier alpha value is -2.86. The van der Waals surface area contributed by atoms with Gasteiger partial charge in [0.2, 0.25) is 0 Å². The average Bonchev–Trinajstić information content (AvgIpc) is 2.86. The van der Waals surface area contributed by atoms with Crippen molar-refractivity contribution in [2.45, 2.75) is 0 Å². The molecule has 0 amide bonds. The van der Waals surface area contributed by atoms with E-state index in [1.807, 2.05) is 42.5 Å². The fraction of sp³-hybridized carbons (Fsp3) is 0. The minimum absolute atomic E-state index is 0.688. The number of nitriles is 1. The van der Waals surface area contributed by atoms with E-state index in [1.165, 1.54) is 0 Å². The molecular weight excluding hydrogens is 234 g/mol. The van der Waals surface area contributed by atoms with Crippen LogP contribution in [0.2, 0.25) is 0 Å². The summed E-state index contributed by atoms with van der Waals surface area (Å²) in [5, 5.41) is 12.4. The summed E-state index contributed by atoms with van der Waals surface area (Å²) in [5.41, 5.74) is 3.57. The molecule has 3 heteroatoms. The minimum Gasteiger partial charge on any atom is -0.353 e. The molecule has 0 aliphatic carbocycles. The second kappa shape index (κ2) is 3.56. The van der Waals surface area contributed by atoms with Crippen LogP contribution in [0.3, 0.4) is 0 Å². The zero-order chi connectivity index (χ0) is 12.8. The first-order valence-corrected chi connectivity index (χ1v) is 6.07. The highest BCUT2D eigenvalue weighted by molar-refractivity contribution is 6.18. The molecule has 2 heterocycles. The minimum atomic E-state index is 0.688. The molecule has 0 atom stereocenters. The van der Waals surface area contributed by atoms with Crippen molar-refractivity contribution in [1.29, 1.82) is 5.26 Å². The van der Waals surface area contributed by atoms with Crippen LogP contribution in [0, 0.1) is 11.3 Å². The van der Waals surface area contributed by atoms with Crippen LogP contribution in [0.25, 0.3) is 32.7 Å². The number of H-pyrrole nitrogens is 1. The molecule has 0 saturated carbocycles. The molecule has 2 aromatic carbocycles. The van der Waals surface area contributed by atoms with Gasteiger partial charge in [0.15, 0.2) is 0 Å². The molecule has 0 radical (unpaired) electrons. The number of para-hydroxylation sites is 1. The highest BCUT2D eigenvalue weighted by Gasteiger charge is 2.12. The highest BCUT2D eigenvalue weighted by atomic mass is 14.8. The first-order chi connectivity index (χ1) is 9.38. The van der Waals surface area contributed by atoms with Crippen molar-refractivity contribution in [2.24, 2.45) is 0 Å². The maximum Gasteiger partial charge on any atom is 0.0999 e. The number of hydrogen-bond acceptors (Lipinski definition) is 2. The van der Waals surface area contributed by atoms with Crippen LogP contribution in [-0.2, 0) is 0 Å². The molecule has 1 N–H and O–H groups in total. The van der Waals surface area contributed by atoms with Crippen molar-refractivity contribution in [1.82, 2.24) is 9.97 Å². The quantitative estimate of drug-likeness (QED) is 0.511. The molecule has 4 aromatic rings. The number of pyridine rings is 1. The van der Waals surface area contributed by atoms with E-state index >= 15 is 0 Å². The van der Waals surface area contributed by atoms with Crippen molar-refractivity contribution < 1.29 is 0 Å². The number of nitrogens with one attached hydrogen (secondary N) is 1. The standard InChI is InChI=1S/C16H9N3/c17-9-11-8-10-4-3-7-18-15(10)16-14(11)12-5-1-2-6-13(12)19-16/h1-8,19H. The van der Waals surface area contributed by atoms with Crippen LogP contribution in [0.1, 0.15) is 5.56 Å². The number of rotatable bonds is 0. The maximum atomic E-state index is 9.39. The molecule has 19 heavy (non-hydrogen) atoms. The molecule has 0 unspecified atom stereocenters. The summed E-state index contributed by atoms with van der Waals surface area (Å²) in [6.45, 7) is 0. The Kier molecular flexibility index (Phi) is 1.89. The van der Waals surface area contributed by atoms with E-state index in [9.17, 15) is 5.26 Å².